The highest BCUT2D eigenvalue weighted by molar-refractivity contribution is 5.77. The molecule has 2 rings (SSSR count). The van der Waals surface area contributed by atoms with Crippen molar-refractivity contribution < 1.29 is 26.7 Å². The summed E-state index contributed by atoms with van der Waals surface area (Å²) in [6, 6.07) is 0. The number of halogens is 5. The molecule has 0 N–H and O–H groups in total. The van der Waals surface area contributed by atoms with Crippen LogP contribution >= 0.6 is 0 Å². The minimum Gasteiger partial charge on any atom is -0.342 e. The summed E-state index contributed by atoms with van der Waals surface area (Å²) in [4.78, 5) is 12.9. The number of rotatable bonds is 3. The van der Waals surface area contributed by atoms with Crippen molar-refractivity contribution in [3.8, 4) is 0 Å². The summed E-state index contributed by atoms with van der Waals surface area (Å²) in [5.41, 5.74) is 0. The summed E-state index contributed by atoms with van der Waals surface area (Å²) in [5.74, 6) is -2.69. The molecule has 116 valence electrons. The largest absolute Gasteiger partial charge is 0.389 e. The zero-order valence-corrected chi connectivity index (χ0v) is 11.1. The van der Waals surface area contributed by atoms with Crippen LogP contribution in [0.5, 0.6) is 0 Å². The number of carbonyl (C=O) groups is 1. The number of carbonyl (C=O) groups excluding carboxylic acids is 1. The Morgan fingerprint density at radius 2 is 1.65 bits per heavy atom. The van der Waals surface area contributed by atoms with E-state index in [0.717, 1.165) is 0 Å². The average Bonchev–Trinajstić information content (AvgIpc) is 2.25. The molecule has 0 spiro atoms. The summed E-state index contributed by atoms with van der Waals surface area (Å²) < 4.78 is 62.0. The molecule has 1 amide bonds. The Hall–Kier alpha value is -0.880. The highest BCUT2D eigenvalue weighted by Crippen LogP contribution is 2.41. The van der Waals surface area contributed by atoms with Crippen LogP contribution in [0.3, 0.4) is 0 Å². The van der Waals surface area contributed by atoms with Crippen LogP contribution < -0.4 is 0 Å². The lowest BCUT2D eigenvalue weighted by atomic mass is 9.75. The first kappa shape index (κ1) is 15.5. The van der Waals surface area contributed by atoms with Gasteiger partial charge in [0.15, 0.2) is 0 Å². The predicted octanol–water partition coefficient (Wildman–Crippen LogP) is 3.61. The summed E-state index contributed by atoms with van der Waals surface area (Å²) in [6.45, 7) is 0.847. The van der Waals surface area contributed by atoms with Crippen molar-refractivity contribution in [1.82, 2.24) is 4.90 Å². The SMILES string of the molecule is O=C(CCC(F)(F)F)N1CC(C2CCC(F)(F)CC2)C1. The molecule has 2 nitrogen and oxygen atoms in total. The fourth-order valence-electron chi connectivity index (χ4n) is 2.96. The molecular formula is C13H18F5NO. The summed E-state index contributed by atoms with van der Waals surface area (Å²) in [7, 11) is 0. The van der Waals surface area contributed by atoms with Crippen LogP contribution in [0.2, 0.25) is 0 Å². The molecular weight excluding hydrogens is 281 g/mol. The van der Waals surface area contributed by atoms with Crippen LogP contribution in [0.4, 0.5) is 22.0 Å². The van der Waals surface area contributed by atoms with E-state index in [9.17, 15) is 26.7 Å². The molecule has 0 unspecified atom stereocenters. The molecule has 0 radical (unpaired) electrons. The molecule has 20 heavy (non-hydrogen) atoms. The summed E-state index contributed by atoms with van der Waals surface area (Å²) >= 11 is 0. The Balaban J connectivity index is 1.68. The van der Waals surface area contributed by atoms with Gasteiger partial charge in [-0.1, -0.05) is 0 Å². The Labute approximate surface area is 114 Å². The van der Waals surface area contributed by atoms with E-state index in [1.807, 2.05) is 0 Å². The maximum atomic E-state index is 13.0. The minimum absolute atomic E-state index is 0.115. The van der Waals surface area contributed by atoms with Gasteiger partial charge in [0.05, 0.1) is 6.42 Å². The number of likely N-dealkylation sites (tertiary alicyclic amines) is 1. The number of hydrogen-bond donors (Lipinski definition) is 0. The second-order valence-electron chi connectivity index (χ2n) is 5.87. The Bertz CT molecular complexity index is 352. The van der Waals surface area contributed by atoms with Crippen LogP contribution in [0.1, 0.15) is 38.5 Å². The molecule has 1 heterocycles. The van der Waals surface area contributed by atoms with Crippen molar-refractivity contribution in [2.24, 2.45) is 11.8 Å². The van der Waals surface area contributed by atoms with Gasteiger partial charge in [0.1, 0.15) is 0 Å². The topological polar surface area (TPSA) is 20.3 Å². The van der Waals surface area contributed by atoms with Crippen molar-refractivity contribution in [1.29, 1.82) is 0 Å². The fraction of sp³-hybridized carbons (Fsp3) is 0.923. The first-order valence-electron chi connectivity index (χ1n) is 6.89. The van der Waals surface area contributed by atoms with Gasteiger partial charge in [-0.25, -0.2) is 8.78 Å². The van der Waals surface area contributed by atoms with E-state index in [1.54, 1.807) is 0 Å². The first-order chi connectivity index (χ1) is 9.16. The van der Waals surface area contributed by atoms with Gasteiger partial charge in [0.25, 0.3) is 0 Å². The standard InChI is InChI=1S/C13H18F5NO/c14-12(15)4-1-9(2-5-12)10-7-19(8-10)11(20)3-6-13(16,17)18/h9-10H,1-8H2. The van der Waals surface area contributed by atoms with Crippen molar-refractivity contribution in [2.45, 2.75) is 50.6 Å². The van der Waals surface area contributed by atoms with E-state index in [1.165, 1.54) is 4.90 Å². The van der Waals surface area contributed by atoms with Gasteiger partial charge in [-0.05, 0) is 24.7 Å². The maximum absolute atomic E-state index is 13.0. The molecule has 2 fully saturated rings. The summed E-state index contributed by atoms with van der Waals surface area (Å²) in [6.07, 6.45) is -5.26. The molecule has 0 aromatic carbocycles. The number of hydrogen-bond acceptors (Lipinski definition) is 1. The molecule has 0 aromatic rings. The van der Waals surface area contributed by atoms with E-state index in [-0.39, 0.29) is 24.7 Å². The van der Waals surface area contributed by atoms with Gasteiger partial charge in [-0.3, -0.25) is 4.79 Å². The Morgan fingerprint density at radius 3 is 2.15 bits per heavy atom. The molecule has 1 saturated carbocycles. The molecule has 0 aromatic heterocycles. The van der Waals surface area contributed by atoms with Crippen molar-refractivity contribution in [3.63, 3.8) is 0 Å². The molecule has 1 aliphatic carbocycles. The highest BCUT2D eigenvalue weighted by atomic mass is 19.4. The average molecular weight is 299 g/mol. The highest BCUT2D eigenvalue weighted by Gasteiger charge is 2.42. The van der Waals surface area contributed by atoms with Crippen molar-refractivity contribution in [3.05, 3.63) is 0 Å². The van der Waals surface area contributed by atoms with E-state index in [0.29, 0.717) is 25.9 Å². The Kier molecular flexibility index (Phi) is 4.25. The van der Waals surface area contributed by atoms with Crippen molar-refractivity contribution >= 4 is 5.91 Å². The monoisotopic (exact) mass is 299 g/mol. The molecule has 1 aliphatic heterocycles. The lowest BCUT2D eigenvalue weighted by molar-refractivity contribution is -0.154. The molecule has 7 heteroatoms. The van der Waals surface area contributed by atoms with Crippen LogP contribution in [0.15, 0.2) is 0 Å². The smallest absolute Gasteiger partial charge is 0.342 e. The Morgan fingerprint density at radius 1 is 1.10 bits per heavy atom. The number of alkyl halides is 5. The van der Waals surface area contributed by atoms with Crippen LogP contribution in [0, 0.1) is 11.8 Å². The second-order valence-corrected chi connectivity index (χ2v) is 5.87. The fourth-order valence-corrected chi connectivity index (χ4v) is 2.96. The quantitative estimate of drug-likeness (QED) is 0.729. The zero-order chi connectivity index (χ0) is 15.0. The van der Waals surface area contributed by atoms with Crippen LogP contribution in [-0.2, 0) is 4.79 Å². The normalized spacial score (nSPS) is 24.6. The lowest BCUT2D eigenvalue weighted by Crippen LogP contribution is -2.53. The van der Waals surface area contributed by atoms with Gasteiger partial charge < -0.3 is 4.90 Å². The maximum Gasteiger partial charge on any atom is 0.389 e. The van der Waals surface area contributed by atoms with Crippen LogP contribution in [-0.4, -0.2) is 36.0 Å². The van der Waals surface area contributed by atoms with Gasteiger partial charge in [-0.15, -0.1) is 0 Å². The lowest BCUT2D eigenvalue weighted by Gasteiger charge is -2.45. The van der Waals surface area contributed by atoms with Crippen LogP contribution in [0.25, 0.3) is 0 Å². The van der Waals surface area contributed by atoms with Gasteiger partial charge >= 0.3 is 6.18 Å². The molecule has 0 atom stereocenters. The summed E-state index contributed by atoms with van der Waals surface area (Å²) in [5, 5.41) is 0. The first-order valence-corrected chi connectivity index (χ1v) is 6.89. The third kappa shape index (κ3) is 4.06. The number of amides is 1. The van der Waals surface area contributed by atoms with E-state index in [2.05, 4.69) is 0 Å². The molecule has 0 bridgehead atoms. The van der Waals surface area contributed by atoms with E-state index < -0.39 is 30.8 Å². The zero-order valence-electron chi connectivity index (χ0n) is 11.1. The second kappa shape index (κ2) is 5.48. The third-order valence-corrected chi connectivity index (χ3v) is 4.31. The number of nitrogens with zero attached hydrogens (tertiary/aromatic N) is 1. The molecule has 2 aliphatic rings. The van der Waals surface area contributed by atoms with Gasteiger partial charge in [0, 0.05) is 32.4 Å². The third-order valence-electron chi connectivity index (χ3n) is 4.31. The van der Waals surface area contributed by atoms with Crippen molar-refractivity contribution in [2.75, 3.05) is 13.1 Å². The minimum atomic E-state index is -4.31. The van der Waals surface area contributed by atoms with E-state index >= 15 is 0 Å². The predicted molar refractivity (Wildman–Crippen MR) is 62.3 cm³/mol. The molecule has 1 saturated heterocycles. The van der Waals surface area contributed by atoms with Gasteiger partial charge in [0.2, 0.25) is 11.8 Å². The van der Waals surface area contributed by atoms with E-state index in [4.69, 9.17) is 0 Å². The van der Waals surface area contributed by atoms with Gasteiger partial charge in [-0.2, -0.15) is 13.2 Å².